The molecule has 4 aliphatic carbocycles. The van der Waals surface area contributed by atoms with Gasteiger partial charge >= 0.3 is 0 Å². The van der Waals surface area contributed by atoms with Gasteiger partial charge in [0.25, 0.3) is 0 Å². The molecule has 6 aromatic rings. The third-order valence-electron chi connectivity index (χ3n) is 15.1. The maximum absolute atomic E-state index is 9.86. The lowest BCUT2D eigenvalue weighted by Gasteiger charge is -2.50. The Kier molecular flexibility index (Phi) is 10.1. The summed E-state index contributed by atoms with van der Waals surface area (Å²) in [6, 6.07) is 46.0. The van der Waals surface area contributed by atoms with Gasteiger partial charge < -0.3 is 0 Å². The normalized spacial score (nSPS) is 28.4. The first-order chi connectivity index (χ1) is 29.1. The number of hydrogen-bond donors (Lipinski definition) is 0. The first kappa shape index (κ1) is 38.8. The van der Waals surface area contributed by atoms with Gasteiger partial charge in [-0.3, -0.25) is 0 Å². The molecule has 10 rings (SSSR count). The first-order valence-corrected chi connectivity index (χ1v) is 22.8. The predicted octanol–water partition coefficient (Wildman–Crippen LogP) is 14.3. The predicted molar refractivity (Wildman–Crippen MR) is 245 cm³/mol. The lowest BCUT2D eigenvalue weighted by Crippen LogP contribution is -2.42. The van der Waals surface area contributed by atoms with E-state index in [1.165, 1.54) is 75.3 Å². The van der Waals surface area contributed by atoms with E-state index in [0.717, 1.165) is 74.5 Å². The molecule has 0 amide bonds. The molecule has 302 valence electrons. The van der Waals surface area contributed by atoms with Gasteiger partial charge in [0.15, 0.2) is 17.5 Å². The van der Waals surface area contributed by atoms with Gasteiger partial charge in [0.1, 0.15) is 0 Å². The molecule has 4 bridgehead atoms. The van der Waals surface area contributed by atoms with Gasteiger partial charge in [-0.15, -0.1) is 0 Å². The molecule has 4 unspecified atom stereocenters. The summed E-state index contributed by atoms with van der Waals surface area (Å²) in [4.78, 5) is 15.5. The van der Waals surface area contributed by atoms with Crippen molar-refractivity contribution < 1.29 is 0 Å². The second-order valence-electron chi connectivity index (χ2n) is 20.2. The molecular formula is C56H58N4. The van der Waals surface area contributed by atoms with Gasteiger partial charge in [0, 0.05) is 16.7 Å². The van der Waals surface area contributed by atoms with E-state index in [0.29, 0.717) is 23.0 Å². The fraction of sp³-hybridized carbons (Fsp3) is 0.393. The monoisotopic (exact) mass is 786 g/mol. The minimum atomic E-state index is 0.267. The lowest BCUT2D eigenvalue weighted by atomic mass is 9.54. The number of rotatable bonds is 7. The van der Waals surface area contributed by atoms with Gasteiger partial charge in [-0.05, 0) is 162 Å². The van der Waals surface area contributed by atoms with Crippen molar-refractivity contribution in [2.24, 2.45) is 35.5 Å². The van der Waals surface area contributed by atoms with E-state index in [-0.39, 0.29) is 10.8 Å². The SMILES string of the molecule is C[C@@H]1CC2C[C@H](C)CC(c3ccc(-c4nc(-c5ccccc5)nc(-c5ccc(-c6cccc(C#N)c6)c(-c6ccc(C78CC(C[C@@H](C)C7)C[C@H](C)C8)cc6)c5)n4)cc3)(C2)C1. The third-order valence-corrected chi connectivity index (χ3v) is 15.1. The number of benzene rings is 5. The highest BCUT2D eigenvalue weighted by molar-refractivity contribution is 5.87. The first-order valence-electron chi connectivity index (χ1n) is 22.8. The van der Waals surface area contributed by atoms with Crippen molar-refractivity contribution in [3.63, 3.8) is 0 Å². The minimum Gasteiger partial charge on any atom is -0.208 e. The molecule has 4 fully saturated rings. The summed E-state index contributed by atoms with van der Waals surface area (Å²) in [6.07, 6.45) is 13.3. The van der Waals surface area contributed by atoms with Gasteiger partial charge in [0.2, 0.25) is 0 Å². The van der Waals surface area contributed by atoms with Crippen LogP contribution in [0, 0.1) is 46.8 Å². The summed E-state index contributed by atoms with van der Waals surface area (Å²) in [7, 11) is 0. The Morgan fingerprint density at radius 2 is 0.883 bits per heavy atom. The van der Waals surface area contributed by atoms with Gasteiger partial charge in [-0.2, -0.15) is 5.26 Å². The zero-order chi connectivity index (χ0) is 41.0. The number of fused-ring (bicyclic) bond motifs is 4. The molecule has 5 aromatic carbocycles. The standard InChI is InChI=1S/C56H58N4/c1-36-23-41-24-37(2)30-55(29-36,33-41)48-18-13-43(14-19-48)51-28-47(17-22-50(51)46-12-8-9-40(27-46)35-57)54-59-52(44-10-6-5-7-11-44)58-53(60-54)45-15-20-49(21-16-45)56-31-38(3)25-42(34-56)26-39(4)32-56/h5-22,27-28,36-39,41-42H,23-26,29-34H2,1-4H3/t36-,37+,38-,39+,41?,42?,55?,56?. The summed E-state index contributed by atoms with van der Waals surface area (Å²) in [5, 5.41) is 9.86. The zero-order valence-corrected chi connectivity index (χ0v) is 35.9. The Bertz CT molecular complexity index is 2510. The van der Waals surface area contributed by atoms with Crippen molar-refractivity contribution in [2.75, 3.05) is 0 Å². The highest BCUT2D eigenvalue weighted by atomic mass is 15.0. The Labute approximate surface area is 357 Å². The van der Waals surface area contributed by atoms with Crippen LogP contribution in [-0.4, -0.2) is 15.0 Å². The molecule has 0 radical (unpaired) electrons. The zero-order valence-electron chi connectivity index (χ0n) is 35.9. The van der Waals surface area contributed by atoms with Crippen LogP contribution in [0.4, 0.5) is 0 Å². The Morgan fingerprint density at radius 3 is 1.40 bits per heavy atom. The smallest absolute Gasteiger partial charge is 0.164 e. The van der Waals surface area contributed by atoms with Crippen LogP contribution in [-0.2, 0) is 10.8 Å². The Balaban J connectivity index is 1.06. The summed E-state index contributed by atoms with van der Waals surface area (Å²) < 4.78 is 0. The van der Waals surface area contributed by atoms with Crippen LogP contribution in [0.3, 0.4) is 0 Å². The van der Waals surface area contributed by atoms with Crippen LogP contribution in [0.15, 0.2) is 121 Å². The number of aromatic nitrogens is 3. The largest absolute Gasteiger partial charge is 0.208 e. The molecule has 1 heterocycles. The van der Waals surface area contributed by atoms with Crippen molar-refractivity contribution in [1.29, 1.82) is 5.26 Å². The number of nitriles is 1. The molecule has 1 aromatic heterocycles. The van der Waals surface area contributed by atoms with Gasteiger partial charge in [-0.1, -0.05) is 131 Å². The fourth-order valence-electron chi connectivity index (χ4n) is 13.4. The Hall–Kier alpha value is -5.40. The third kappa shape index (κ3) is 7.40. The summed E-state index contributed by atoms with van der Waals surface area (Å²) in [6.45, 7) is 9.85. The average molecular weight is 787 g/mol. The van der Waals surface area contributed by atoms with Crippen molar-refractivity contribution in [2.45, 2.75) is 103 Å². The molecule has 8 atom stereocenters. The van der Waals surface area contributed by atoms with E-state index in [1.54, 1.807) is 0 Å². The molecule has 0 saturated heterocycles. The van der Waals surface area contributed by atoms with Crippen LogP contribution >= 0.6 is 0 Å². The molecule has 4 saturated carbocycles. The van der Waals surface area contributed by atoms with E-state index >= 15 is 0 Å². The molecule has 0 aliphatic heterocycles. The van der Waals surface area contributed by atoms with E-state index < -0.39 is 0 Å². The fourth-order valence-corrected chi connectivity index (χ4v) is 13.4. The van der Waals surface area contributed by atoms with Crippen molar-refractivity contribution in [1.82, 2.24) is 15.0 Å². The molecule has 0 N–H and O–H groups in total. The molecule has 4 aliphatic rings. The van der Waals surface area contributed by atoms with Crippen molar-refractivity contribution in [3.05, 3.63) is 138 Å². The van der Waals surface area contributed by atoms with Crippen LogP contribution in [0.25, 0.3) is 56.4 Å². The van der Waals surface area contributed by atoms with Crippen LogP contribution in [0.5, 0.6) is 0 Å². The van der Waals surface area contributed by atoms with Crippen LogP contribution in [0.1, 0.15) is 109 Å². The van der Waals surface area contributed by atoms with Crippen LogP contribution in [0.2, 0.25) is 0 Å². The van der Waals surface area contributed by atoms with E-state index in [1.807, 2.05) is 36.4 Å². The second-order valence-corrected chi connectivity index (χ2v) is 20.2. The highest BCUT2D eigenvalue weighted by Crippen LogP contribution is 2.55. The maximum Gasteiger partial charge on any atom is 0.164 e. The molecule has 4 nitrogen and oxygen atoms in total. The number of hydrogen-bond acceptors (Lipinski definition) is 4. The van der Waals surface area contributed by atoms with Gasteiger partial charge in [0.05, 0.1) is 11.6 Å². The van der Waals surface area contributed by atoms with E-state index in [2.05, 4.69) is 119 Å². The average Bonchev–Trinajstić information content (AvgIpc) is 3.25. The second kappa shape index (κ2) is 15.6. The molecule has 4 heteroatoms. The molecule has 60 heavy (non-hydrogen) atoms. The maximum atomic E-state index is 9.86. The Morgan fingerprint density at radius 1 is 0.433 bits per heavy atom. The minimum absolute atomic E-state index is 0.267. The summed E-state index contributed by atoms with van der Waals surface area (Å²) >= 11 is 0. The quantitative estimate of drug-likeness (QED) is 0.162. The van der Waals surface area contributed by atoms with Crippen LogP contribution < -0.4 is 0 Å². The van der Waals surface area contributed by atoms with Gasteiger partial charge in [-0.25, -0.2) is 15.0 Å². The lowest BCUT2D eigenvalue weighted by molar-refractivity contribution is 0.0779. The highest BCUT2D eigenvalue weighted by Gasteiger charge is 2.46. The van der Waals surface area contributed by atoms with Crippen molar-refractivity contribution >= 4 is 0 Å². The molecular weight excluding hydrogens is 729 g/mol. The summed E-state index contributed by atoms with van der Waals surface area (Å²) in [5.74, 6) is 6.74. The topological polar surface area (TPSA) is 62.5 Å². The molecule has 0 spiro atoms. The van der Waals surface area contributed by atoms with Crippen molar-refractivity contribution in [3.8, 4) is 62.5 Å². The van der Waals surface area contributed by atoms with E-state index in [9.17, 15) is 5.26 Å². The summed E-state index contributed by atoms with van der Waals surface area (Å²) in [5.41, 5.74) is 11.4. The number of nitrogens with zero attached hydrogens (tertiary/aromatic N) is 4. The van der Waals surface area contributed by atoms with E-state index in [4.69, 9.17) is 15.0 Å².